The van der Waals surface area contributed by atoms with Gasteiger partial charge in [-0.2, -0.15) is 0 Å². The molecule has 1 aliphatic rings. The molecule has 0 spiro atoms. The maximum atomic E-state index is 14.1. The zero-order valence-corrected chi connectivity index (χ0v) is 10.1. The third-order valence-electron chi connectivity index (χ3n) is 3.51. The zero-order valence-electron chi connectivity index (χ0n) is 10.1. The second-order valence-electron chi connectivity index (χ2n) is 4.75. The summed E-state index contributed by atoms with van der Waals surface area (Å²) in [5.41, 5.74) is 2.71. The molecule has 2 aromatic rings. The van der Waals surface area contributed by atoms with E-state index >= 15 is 0 Å². The van der Waals surface area contributed by atoms with Crippen LogP contribution < -0.4 is 0 Å². The van der Waals surface area contributed by atoms with Gasteiger partial charge in [-0.15, -0.1) is 0 Å². The van der Waals surface area contributed by atoms with Gasteiger partial charge in [0.05, 0.1) is 11.6 Å². The van der Waals surface area contributed by atoms with Crippen molar-refractivity contribution < 1.29 is 14.3 Å². The molecule has 4 heteroatoms. The van der Waals surface area contributed by atoms with Gasteiger partial charge in [-0.25, -0.2) is 4.39 Å². The van der Waals surface area contributed by atoms with Gasteiger partial charge in [-0.05, 0) is 48.2 Å². The van der Waals surface area contributed by atoms with Crippen LogP contribution in [0.15, 0.2) is 36.5 Å². The Labute approximate surface area is 109 Å². The van der Waals surface area contributed by atoms with E-state index in [2.05, 4.69) is 4.98 Å². The van der Waals surface area contributed by atoms with E-state index in [0.29, 0.717) is 23.2 Å². The van der Waals surface area contributed by atoms with E-state index in [-0.39, 0.29) is 12.2 Å². The second-order valence-corrected chi connectivity index (χ2v) is 4.75. The number of hydrogen-bond donors (Lipinski definition) is 1. The summed E-state index contributed by atoms with van der Waals surface area (Å²) in [5.74, 6) is -1.71. The third kappa shape index (κ3) is 2.10. The summed E-state index contributed by atoms with van der Waals surface area (Å²) < 4.78 is 14.1. The Hall–Kier alpha value is -2.23. The normalized spacial score (nSPS) is 17.2. The van der Waals surface area contributed by atoms with E-state index in [1.165, 1.54) is 6.07 Å². The molecule has 1 aromatic carbocycles. The van der Waals surface area contributed by atoms with E-state index in [1.807, 2.05) is 18.2 Å². The van der Waals surface area contributed by atoms with Gasteiger partial charge in [0.1, 0.15) is 5.82 Å². The molecule has 0 fully saturated rings. The number of carbonyl (C=O) groups is 1. The molecule has 1 atom stereocenters. The van der Waals surface area contributed by atoms with E-state index in [9.17, 15) is 9.18 Å². The molecule has 1 aliphatic carbocycles. The van der Waals surface area contributed by atoms with Crippen LogP contribution in [0.25, 0.3) is 11.3 Å². The molecule has 0 radical (unpaired) electrons. The molecule has 1 aromatic heterocycles. The summed E-state index contributed by atoms with van der Waals surface area (Å²) >= 11 is 0. The number of pyridine rings is 1. The Morgan fingerprint density at radius 2 is 2.16 bits per heavy atom. The minimum atomic E-state index is -0.866. The van der Waals surface area contributed by atoms with E-state index in [1.54, 1.807) is 12.3 Å². The molecule has 1 heterocycles. The predicted molar refractivity (Wildman–Crippen MR) is 68.2 cm³/mol. The maximum absolute atomic E-state index is 14.1. The first-order chi connectivity index (χ1) is 9.15. The lowest BCUT2D eigenvalue weighted by atomic mass is 10.0. The topological polar surface area (TPSA) is 50.2 Å². The van der Waals surface area contributed by atoms with Crippen molar-refractivity contribution >= 4 is 5.97 Å². The number of carboxylic acid groups (broad SMARTS) is 1. The molecule has 0 bridgehead atoms. The van der Waals surface area contributed by atoms with Crippen molar-refractivity contribution in [3.8, 4) is 11.3 Å². The number of benzene rings is 1. The van der Waals surface area contributed by atoms with E-state index in [0.717, 1.165) is 5.56 Å². The van der Waals surface area contributed by atoms with Crippen molar-refractivity contribution in [3.05, 3.63) is 53.5 Å². The van der Waals surface area contributed by atoms with Crippen molar-refractivity contribution in [1.82, 2.24) is 4.98 Å². The molecule has 1 N–H and O–H groups in total. The fourth-order valence-electron chi connectivity index (χ4n) is 2.54. The van der Waals surface area contributed by atoms with Crippen molar-refractivity contribution in [2.45, 2.75) is 12.8 Å². The van der Waals surface area contributed by atoms with Gasteiger partial charge in [0.15, 0.2) is 0 Å². The smallest absolute Gasteiger partial charge is 0.307 e. The number of rotatable bonds is 2. The quantitative estimate of drug-likeness (QED) is 0.899. The van der Waals surface area contributed by atoms with Crippen LogP contribution in [0.4, 0.5) is 4.39 Å². The number of fused-ring (bicyclic) bond motifs is 1. The first kappa shape index (κ1) is 11.8. The summed E-state index contributed by atoms with van der Waals surface area (Å²) in [5, 5.41) is 9.03. The van der Waals surface area contributed by atoms with Crippen molar-refractivity contribution in [2.24, 2.45) is 5.92 Å². The molecule has 3 rings (SSSR count). The Kier molecular flexibility index (Phi) is 2.78. The second kappa shape index (κ2) is 4.46. The molecule has 96 valence electrons. The lowest BCUT2D eigenvalue weighted by molar-refractivity contribution is -0.141. The lowest BCUT2D eigenvalue weighted by Gasteiger charge is -2.05. The molecule has 0 amide bonds. The summed E-state index contributed by atoms with van der Waals surface area (Å²) in [7, 11) is 0. The van der Waals surface area contributed by atoms with Crippen LogP contribution in [0.5, 0.6) is 0 Å². The summed E-state index contributed by atoms with van der Waals surface area (Å²) in [6.07, 6.45) is 2.32. The highest BCUT2D eigenvalue weighted by Gasteiger charge is 2.29. The number of aliphatic carboxylic acids is 1. The summed E-state index contributed by atoms with van der Waals surface area (Å²) in [6, 6.07) is 8.74. The predicted octanol–water partition coefficient (Wildman–Crippen LogP) is 2.69. The van der Waals surface area contributed by atoms with Crippen LogP contribution in [-0.4, -0.2) is 16.1 Å². The van der Waals surface area contributed by atoms with E-state index < -0.39 is 11.9 Å². The Balaban J connectivity index is 2.03. The number of aromatic nitrogens is 1. The third-order valence-corrected chi connectivity index (χ3v) is 3.51. The Morgan fingerprint density at radius 3 is 2.84 bits per heavy atom. The van der Waals surface area contributed by atoms with Gasteiger partial charge in [-0.1, -0.05) is 6.07 Å². The highest BCUT2D eigenvalue weighted by atomic mass is 19.1. The number of nitrogens with zero attached hydrogens (tertiary/aromatic N) is 1. The van der Waals surface area contributed by atoms with Gasteiger partial charge < -0.3 is 5.11 Å². The molecule has 1 unspecified atom stereocenters. The minimum Gasteiger partial charge on any atom is -0.481 e. The van der Waals surface area contributed by atoms with Crippen LogP contribution in [0.1, 0.15) is 11.1 Å². The van der Waals surface area contributed by atoms with Crippen LogP contribution in [0.2, 0.25) is 0 Å². The van der Waals surface area contributed by atoms with Gasteiger partial charge in [0.2, 0.25) is 0 Å². The number of halogens is 1. The van der Waals surface area contributed by atoms with Crippen molar-refractivity contribution in [3.63, 3.8) is 0 Å². The minimum absolute atomic E-state index is 0.277. The van der Waals surface area contributed by atoms with Gasteiger partial charge >= 0.3 is 5.97 Å². The van der Waals surface area contributed by atoms with Crippen LogP contribution in [-0.2, 0) is 17.6 Å². The maximum Gasteiger partial charge on any atom is 0.307 e. The molecule has 3 nitrogen and oxygen atoms in total. The van der Waals surface area contributed by atoms with Crippen LogP contribution in [0.3, 0.4) is 0 Å². The van der Waals surface area contributed by atoms with E-state index in [4.69, 9.17) is 5.11 Å². The average molecular weight is 257 g/mol. The molecule has 0 aliphatic heterocycles. The molecular weight excluding hydrogens is 245 g/mol. The molecular formula is C15H12FNO2. The first-order valence-electron chi connectivity index (χ1n) is 6.10. The molecule has 0 saturated heterocycles. The molecule has 0 saturated carbocycles. The van der Waals surface area contributed by atoms with Crippen molar-refractivity contribution in [1.29, 1.82) is 0 Å². The fraction of sp³-hybridized carbons (Fsp3) is 0.200. The Bertz CT molecular complexity index is 640. The lowest BCUT2D eigenvalue weighted by Crippen LogP contribution is -2.13. The molecule has 19 heavy (non-hydrogen) atoms. The largest absolute Gasteiger partial charge is 0.481 e. The Morgan fingerprint density at radius 1 is 1.32 bits per heavy atom. The van der Waals surface area contributed by atoms with Gasteiger partial charge in [0.25, 0.3) is 0 Å². The highest BCUT2D eigenvalue weighted by molar-refractivity contribution is 5.73. The SMILES string of the molecule is O=C(O)C1Cc2cc(-c3ccccn3)cc(F)c2C1. The average Bonchev–Trinajstić information content (AvgIpc) is 2.84. The van der Waals surface area contributed by atoms with Gasteiger partial charge in [0, 0.05) is 11.8 Å². The van der Waals surface area contributed by atoms with Gasteiger partial charge in [-0.3, -0.25) is 9.78 Å². The fourth-order valence-corrected chi connectivity index (χ4v) is 2.54. The first-order valence-corrected chi connectivity index (χ1v) is 6.10. The standard InChI is InChI=1S/C15H12FNO2/c16-13-8-10(14-3-1-2-4-17-14)5-9-6-11(15(18)19)7-12(9)13/h1-5,8,11H,6-7H2,(H,18,19). The number of carboxylic acids is 1. The summed E-state index contributed by atoms with van der Waals surface area (Å²) in [4.78, 5) is 15.2. The van der Waals surface area contributed by atoms with Crippen LogP contribution >= 0.6 is 0 Å². The highest BCUT2D eigenvalue weighted by Crippen LogP contribution is 2.32. The van der Waals surface area contributed by atoms with Crippen LogP contribution in [0, 0.1) is 11.7 Å². The number of hydrogen-bond acceptors (Lipinski definition) is 2. The van der Waals surface area contributed by atoms with Crippen molar-refractivity contribution in [2.75, 3.05) is 0 Å². The zero-order chi connectivity index (χ0) is 13.4. The monoisotopic (exact) mass is 257 g/mol. The summed E-state index contributed by atoms with van der Waals surface area (Å²) in [6.45, 7) is 0.